The molecule has 0 unspecified atom stereocenters. The molecule has 1 heterocycles. The number of amidine groups is 1. The van der Waals surface area contributed by atoms with E-state index in [-0.39, 0.29) is 5.84 Å². The molecule has 2 rings (SSSR count). The molecule has 4 nitrogen and oxygen atoms in total. The molecule has 1 aromatic heterocycles. The second-order valence-corrected chi connectivity index (χ2v) is 5.52. The van der Waals surface area contributed by atoms with E-state index >= 15 is 0 Å². The lowest BCUT2D eigenvalue weighted by molar-refractivity contribution is 0.297. The summed E-state index contributed by atoms with van der Waals surface area (Å²) in [6, 6.07) is 7.57. The molecule has 0 saturated heterocycles. The molecule has 0 atom stereocenters. The average Bonchev–Trinajstić information content (AvgIpc) is 2.39. The van der Waals surface area contributed by atoms with E-state index in [1.165, 1.54) is 0 Å². The number of nitrogens with two attached hydrogens (primary N) is 1. The van der Waals surface area contributed by atoms with Crippen LogP contribution in [0.15, 0.2) is 34.9 Å². The van der Waals surface area contributed by atoms with Crippen molar-refractivity contribution in [1.29, 1.82) is 5.41 Å². The van der Waals surface area contributed by atoms with Gasteiger partial charge in [-0.05, 0) is 65.2 Å². The molecule has 0 aliphatic rings. The molecule has 2 aromatic rings. The number of nitrogen functional groups attached to an aromatic ring is 1. The van der Waals surface area contributed by atoms with Crippen LogP contribution in [-0.4, -0.2) is 10.8 Å². The molecular formula is C15H16BrN3O. The minimum atomic E-state index is 0.0670. The van der Waals surface area contributed by atoms with Crippen molar-refractivity contribution in [2.45, 2.75) is 20.5 Å². The number of pyridine rings is 1. The van der Waals surface area contributed by atoms with Crippen LogP contribution in [0.2, 0.25) is 0 Å². The summed E-state index contributed by atoms with van der Waals surface area (Å²) in [7, 11) is 0. The van der Waals surface area contributed by atoms with Gasteiger partial charge in [0.2, 0.25) is 0 Å². The predicted molar refractivity (Wildman–Crippen MR) is 83.2 cm³/mol. The molecule has 0 fully saturated rings. The Kier molecular flexibility index (Phi) is 4.39. The van der Waals surface area contributed by atoms with Crippen LogP contribution in [0.4, 0.5) is 0 Å². The fourth-order valence-electron chi connectivity index (χ4n) is 1.97. The Bertz CT molecular complexity index is 615. The number of nitrogens with zero attached hydrogens (tertiary/aromatic N) is 1. The first kappa shape index (κ1) is 14.5. The maximum absolute atomic E-state index is 7.48. The first-order valence-corrected chi connectivity index (χ1v) is 6.95. The molecule has 3 N–H and O–H groups in total. The number of hydrogen-bond acceptors (Lipinski definition) is 3. The largest absolute Gasteiger partial charge is 0.487 e. The summed E-state index contributed by atoms with van der Waals surface area (Å²) in [5.74, 6) is 0.886. The lowest BCUT2D eigenvalue weighted by Crippen LogP contribution is -2.12. The fraction of sp³-hybridized carbons (Fsp3) is 0.200. The number of halogens is 1. The normalized spacial score (nSPS) is 10.3. The van der Waals surface area contributed by atoms with Crippen LogP contribution in [0.25, 0.3) is 0 Å². The van der Waals surface area contributed by atoms with Gasteiger partial charge in [-0.3, -0.25) is 10.4 Å². The summed E-state index contributed by atoms with van der Waals surface area (Å²) in [6.07, 6.45) is 1.75. The first-order valence-electron chi connectivity index (χ1n) is 6.16. The summed E-state index contributed by atoms with van der Waals surface area (Å²) < 4.78 is 6.78. The summed E-state index contributed by atoms with van der Waals surface area (Å²) in [6.45, 7) is 4.31. The Morgan fingerprint density at radius 1 is 1.30 bits per heavy atom. The fourth-order valence-corrected chi connectivity index (χ4v) is 2.21. The zero-order valence-electron chi connectivity index (χ0n) is 11.4. The van der Waals surface area contributed by atoms with Gasteiger partial charge >= 0.3 is 0 Å². The van der Waals surface area contributed by atoms with Gasteiger partial charge in [0, 0.05) is 16.2 Å². The second kappa shape index (κ2) is 6.05. The summed E-state index contributed by atoms with van der Waals surface area (Å²) >= 11 is 3.35. The van der Waals surface area contributed by atoms with Crippen molar-refractivity contribution in [3.05, 3.63) is 57.3 Å². The van der Waals surface area contributed by atoms with Gasteiger partial charge in [-0.1, -0.05) is 0 Å². The maximum atomic E-state index is 7.48. The lowest BCUT2D eigenvalue weighted by atomic mass is 10.1. The summed E-state index contributed by atoms with van der Waals surface area (Å²) in [5, 5.41) is 7.48. The Hall–Kier alpha value is -1.88. The van der Waals surface area contributed by atoms with E-state index in [9.17, 15) is 0 Å². The predicted octanol–water partition coefficient (Wildman–Crippen LogP) is 3.32. The minimum Gasteiger partial charge on any atom is -0.487 e. The van der Waals surface area contributed by atoms with E-state index in [4.69, 9.17) is 15.9 Å². The van der Waals surface area contributed by atoms with Gasteiger partial charge in [-0.25, -0.2) is 0 Å². The maximum Gasteiger partial charge on any atom is 0.130 e. The van der Waals surface area contributed by atoms with Gasteiger partial charge in [0.25, 0.3) is 0 Å². The Labute approximate surface area is 126 Å². The quantitative estimate of drug-likeness (QED) is 0.665. The SMILES string of the molecule is Cc1cc(C(=N)N)cc(C)c1OCc1ccc(Br)cn1. The van der Waals surface area contributed by atoms with E-state index in [0.717, 1.165) is 27.0 Å². The molecule has 1 aromatic carbocycles. The van der Waals surface area contributed by atoms with Crippen molar-refractivity contribution >= 4 is 21.8 Å². The van der Waals surface area contributed by atoms with Crippen molar-refractivity contribution in [2.75, 3.05) is 0 Å². The van der Waals surface area contributed by atoms with Crippen molar-refractivity contribution in [1.82, 2.24) is 4.98 Å². The molecule has 0 radical (unpaired) electrons. The van der Waals surface area contributed by atoms with E-state index in [1.54, 1.807) is 6.20 Å². The number of rotatable bonds is 4. The summed E-state index contributed by atoms with van der Waals surface area (Å²) in [5.41, 5.74) is 9.02. The molecule has 0 aliphatic carbocycles. The molecule has 20 heavy (non-hydrogen) atoms. The first-order chi connectivity index (χ1) is 9.47. The minimum absolute atomic E-state index is 0.0670. The van der Waals surface area contributed by atoms with Crippen molar-refractivity contribution in [3.8, 4) is 5.75 Å². The number of nitrogens with one attached hydrogen (secondary N) is 1. The van der Waals surface area contributed by atoms with E-state index in [0.29, 0.717) is 12.2 Å². The molecule has 0 amide bonds. The molecule has 0 aliphatic heterocycles. The number of aryl methyl sites for hydroxylation is 2. The lowest BCUT2D eigenvalue weighted by Gasteiger charge is -2.13. The molecule has 0 saturated carbocycles. The van der Waals surface area contributed by atoms with Gasteiger partial charge in [0.1, 0.15) is 18.2 Å². The van der Waals surface area contributed by atoms with E-state index in [2.05, 4.69) is 20.9 Å². The van der Waals surface area contributed by atoms with Crippen LogP contribution < -0.4 is 10.5 Å². The molecule has 0 spiro atoms. The zero-order valence-corrected chi connectivity index (χ0v) is 13.0. The number of ether oxygens (including phenoxy) is 1. The van der Waals surface area contributed by atoms with Gasteiger partial charge in [0.15, 0.2) is 0 Å². The van der Waals surface area contributed by atoms with Crippen molar-refractivity contribution in [2.24, 2.45) is 5.73 Å². The van der Waals surface area contributed by atoms with Crippen LogP contribution >= 0.6 is 15.9 Å². The van der Waals surface area contributed by atoms with Gasteiger partial charge < -0.3 is 10.5 Å². The highest BCUT2D eigenvalue weighted by molar-refractivity contribution is 9.10. The Morgan fingerprint density at radius 2 is 1.95 bits per heavy atom. The number of aromatic nitrogens is 1. The molecule has 5 heteroatoms. The highest BCUT2D eigenvalue weighted by atomic mass is 79.9. The third kappa shape index (κ3) is 3.36. The van der Waals surface area contributed by atoms with Crippen LogP contribution in [0.5, 0.6) is 5.75 Å². The third-order valence-corrected chi connectivity index (χ3v) is 3.39. The Morgan fingerprint density at radius 3 is 2.45 bits per heavy atom. The van der Waals surface area contributed by atoms with Crippen LogP contribution in [0.1, 0.15) is 22.4 Å². The van der Waals surface area contributed by atoms with Crippen LogP contribution in [-0.2, 0) is 6.61 Å². The molecule has 104 valence electrons. The zero-order chi connectivity index (χ0) is 14.7. The monoisotopic (exact) mass is 333 g/mol. The van der Waals surface area contributed by atoms with Gasteiger partial charge in [-0.15, -0.1) is 0 Å². The smallest absolute Gasteiger partial charge is 0.130 e. The third-order valence-electron chi connectivity index (χ3n) is 2.92. The second-order valence-electron chi connectivity index (χ2n) is 4.61. The standard InChI is InChI=1S/C15H16BrN3O/c1-9-5-11(15(17)18)6-10(2)14(9)20-8-13-4-3-12(16)7-19-13/h3-7H,8H2,1-2H3,(H3,17,18). The average molecular weight is 334 g/mol. The van der Waals surface area contributed by atoms with E-state index in [1.807, 2.05) is 38.1 Å². The van der Waals surface area contributed by atoms with Crippen LogP contribution in [0.3, 0.4) is 0 Å². The van der Waals surface area contributed by atoms with Crippen molar-refractivity contribution < 1.29 is 4.74 Å². The Balaban J connectivity index is 2.17. The van der Waals surface area contributed by atoms with Gasteiger partial charge in [0.05, 0.1) is 5.69 Å². The molecular weight excluding hydrogens is 318 g/mol. The number of benzene rings is 1. The number of hydrogen-bond donors (Lipinski definition) is 2. The van der Waals surface area contributed by atoms with Crippen molar-refractivity contribution in [3.63, 3.8) is 0 Å². The van der Waals surface area contributed by atoms with E-state index < -0.39 is 0 Å². The van der Waals surface area contributed by atoms with Gasteiger partial charge in [-0.2, -0.15) is 0 Å². The van der Waals surface area contributed by atoms with Crippen LogP contribution in [0, 0.1) is 19.3 Å². The summed E-state index contributed by atoms with van der Waals surface area (Å²) in [4.78, 5) is 4.27. The topological polar surface area (TPSA) is 72.0 Å². The molecule has 0 bridgehead atoms. The highest BCUT2D eigenvalue weighted by Crippen LogP contribution is 2.25. The highest BCUT2D eigenvalue weighted by Gasteiger charge is 2.08.